The molecule has 2 aromatic heterocycles. The van der Waals surface area contributed by atoms with Gasteiger partial charge in [0, 0.05) is 31.8 Å². The highest BCUT2D eigenvalue weighted by Crippen LogP contribution is 1.98. The second-order valence-corrected chi connectivity index (χ2v) is 3.87. The molecular formula is C14H15N3O. The third-order valence-electron chi connectivity index (χ3n) is 2.53. The van der Waals surface area contributed by atoms with Crippen LogP contribution in [-0.2, 0) is 6.54 Å². The zero-order valence-electron chi connectivity index (χ0n) is 10.3. The molecule has 4 heteroatoms. The Morgan fingerprint density at radius 3 is 3.17 bits per heavy atom. The summed E-state index contributed by atoms with van der Waals surface area (Å²) in [6, 6.07) is 7.08. The summed E-state index contributed by atoms with van der Waals surface area (Å²) in [6.07, 6.45) is 2.53. The van der Waals surface area contributed by atoms with Gasteiger partial charge in [-0.25, -0.2) is 4.98 Å². The van der Waals surface area contributed by atoms with Crippen molar-refractivity contribution < 1.29 is 0 Å². The molecule has 2 heterocycles. The Bertz CT molecular complexity index is 649. The largest absolute Gasteiger partial charge is 0.310 e. The molecule has 0 atom stereocenters. The fraction of sp³-hybridized carbons (Fsp3) is 0.286. The summed E-state index contributed by atoms with van der Waals surface area (Å²) in [4.78, 5) is 16.2. The van der Waals surface area contributed by atoms with Gasteiger partial charge in [-0.2, -0.15) is 0 Å². The standard InChI is InChI=1S/C14H15N3O/c1-2-3-5-8-15-11-12-10-14(18)17-9-6-4-7-13(17)16-12/h4,6-7,9-10,15H,5,8,11H2,1H3. The Morgan fingerprint density at radius 2 is 2.33 bits per heavy atom. The molecule has 18 heavy (non-hydrogen) atoms. The third-order valence-corrected chi connectivity index (χ3v) is 2.53. The smallest absolute Gasteiger partial charge is 0.258 e. The van der Waals surface area contributed by atoms with Crippen LogP contribution in [0.4, 0.5) is 0 Å². The predicted octanol–water partition coefficient (Wildman–Crippen LogP) is 1.20. The number of pyridine rings is 1. The fourth-order valence-corrected chi connectivity index (χ4v) is 1.69. The number of aromatic nitrogens is 2. The molecule has 0 spiro atoms. The Hall–Kier alpha value is -2.12. The number of nitrogens with one attached hydrogen (secondary N) is 1. The summed E-state index contributed by atoms with van der Waals surface area (Å²) < 4.78 is 1.53. The van der Waals surface area contributed by atoms with Crippen molar-refractivity contribution in [3.63, 3.8) is 0 Å². The first kappa shape index (κ1) is 12.3. The number of fused-ring (bicyclic) bond motifs is 1. The van der Waals surface area contributed by atoms with Gasteiger partial charge in [0.25, 0.3) is 5.56 Å². The topological polar surface area (TPSA) is 46.4 Å². The lowest BCUT2D eigenvalue weighted by Crippen LogP contribution is -2.20. The molecule has 0 amide bonds. The Balaban J connectivity index is 2.09. The van der Waals surface area contributed by atoms with E-state index in [2.05, 4.69) is 22.1 Å². The molecule has 0 aliphatic rings. The number of nitrogens with zero attached hydrogens (tertiary/aromatic N) is 2. The summed E-state index contributed by atoms with van der Waals surface area (Å²) in [5.74, 6) is 5.82. The molecule has 0 fully saturated rings. The molecule has 0 aliphatic carbocycles. The molecule has 2 rings (SSSR count). The maximum absolute atomic E-state index is 11.8. The average molecular weight is 241 g/mol. The van der Waals surface area contributed by atoms with Crippen LogP contribution in [0.25, 0.3) is 5.65 Å². The quantitative estimate of drug-likeness (QED) is 0.646. The van der Waals surface area contributed by atoms with E-state index in [1.807, 2.05) is 25.1 Å². The van der Waals surface area contributed by atoms with Gasteiger partial charge in [0.15, 0.2) is 0 Å². The van der Waals surface area contributed by atoms with Crippen LogP contribution in [0.1, 0.15) is 19.0 Å². The first-order valence-corrected chi connectivity index (χ1v) is 5.89. The van der Waals surface area contributed by atoms with Crippen LogP contribution in [-0.4, -0.2) is 15.9 Å². The van der Waals surface area contributed by atoms with Gasteiger partial charge < -0.3 is 5.32 Å². The molecule has 92 valence electrons. The van der Waals surface area contributed by atoms with E-state index in [-0.39, 0.29) is 5.56 Å². The van der Waals surface area contributed by atoms with Crippen LogP contribution in [0.3, 0.4) is 0 Å². The Labute approximate surface area is 106 Å². The minimum absolute atomic E-state index is 0.0502. The summed E-state index contributed by atoms with van der Waals surface area (Å²) in [7, 11) is 0. The maximum Gasteiger partial charge on any atom is 0.258 e. The van der Waals surface area contributed by atoms with Crippen LogP contribution >= 0.6 is 0 Å². The zero-order chi connectivity index (χ0) is 12.8. The van der Waals surface area contributed by atoms with Gasteiger partial charge in [-0.3, -0.25) is 9.20 Å². The molecule has 1 N–H and O–H groups in total. The first-order chi connectivity index (χ1) is 8.81. The second kappa shape index (κ2) is 5.99. The average Bonchev–Trinajstić information content (AvgIpc) is 2.39. The van der Waals surface area contributed by atoms with Crippen molar-refractivity contribution in [2.24, 2.45) is 0 Å². The minimum Gasteiger partial charge on any atom is -0.310 e. The van der Waals surface area contributed by atoms with Crippen molar-refractivity contribution in [2.45, 2.75) is 19.9 Å². The van der Waals surface area contributed by atoms with Crippen molar-refractivity contribution in [2.75, 3.05) is 6.54 Å². The second-order valence-electron chi connectivity index (χ2n) is 3.87. The van der Waals surface area contributed by atoms with Gasteiger partial charge in [0.05, 0.1) is 5.69 Å². The summed E-state index contributed by atoms with van der Waals surface area (Å²) in [6.45, 7) is 3.22. The predicted molar refractivity (Wildman–Crippen MR) is 71.2 cm³/mol. The van der Waals surface area contributed by atoms with E-state index in [4.69, 9.17) is 0 Å². The molecule has 0 radical (unpaired) electrons. The van der Waals surface area contributed by atoms with E-state index in [1.54, 1.807) is 12.3 Å². The molecule has 0 unspecified atom stereocenters. The van der Waals surface area contributed by atoms with E-state index in [9.17, 15) is 4.79 Å². The Morgan fingerprint density at radius 1 is 1.44 bits per heavy atom. The lowest BCUT2D eigenvalue weighted by Gasteiger charge is -2.04. The van der Waals surface area contributed by atoms with Crippen LogP contribution < -0.4 is 10.9 Å². The molecule has 0 bridgehead atoms. The number of hydrogen-bond acceptors (Lipinski definition) is 3. The zero-order valence-corrected chi connectivity index (χ0v) is 10.3. The fourth-order valence-electron chi connectivity index (χ4n) is 1.69. The molecule has 2 aromatic rings. The normalized spacial score (nSPS) is 10.1. The lowest BCUT2D eigenvalue weighted by molar-refractivity contribution is 0.686. The monoisotopic (exact) mass is 241 g/mol. The molecule has 0 saturated carbocycles. The third kappa shape index (κ3) is 2.96. The van der Waals surface area contributed by atoms with Gasteiger partial charge in [-0.1, -0.05) is 6.07 Å². The molecule has 0 aliphatic heterocycles. The highest BCUT2D eigenvalue weighted by molar-refractivity contribution is 5.37. The van der Waals surface area contributed by atoms with Gasteiger partial charge in [0.1, 0.15) is 5.65 Å². The van der Waals surface area contributed by atoms with Crippen LogP contribution in [0, 0.1) is 11.8 Å². The van der Waals surface area contributed by atoms with Crippen LogP contribution in [0.5, 0.6) is 0 Å². The summed E-state index contributed by atoms with van der Waals surface area (Å²) in [5, 5.41) is 3.22. The van der Waals surface area contributed by atoms with Gasteiger partial charge in [0.2, 0.25) is 0 Å². The van der Waals surface area contributed by atoms with Crippen molar-refractivity contribution >= 4 is 5.65 Å². The van der Waals surface area contributed by atoms with E-state index in [1.165, 1.54) is 4.40 Å². The summed E-state index contributed by atoms with van der Waals surface area (Å²) in [5.41, 5.74) is 1.39. The Kier molecular flexibility index (Phi) is 4.11. The number of rotatable bonds is 4. The van der Waals surface area contributed by atoms with Gasteiger partial charge in [-0.15, -0.1) is 11.8 Å². The highest BCUT2D eigenvalue weighted by atomic mass is 16.1. The minimum atomic E-state index is -0.0502. The van der Waals surface area contributed by atoms with E-state index < -0.39 is 0 Å². The van der Waals surface area contributed by atoms with Crippen LogP contribution in [0.15, 0.2) is 35.3 Å². The van der Waals surface area contributed by atoms with Gasteiger partial charge >= 0.3 is 0 Å². The molecule has 0 saturated heterocycles. The van der Waals surface area contributed by atoms with Crippen LogP contribution in [0.2, 0.25) is 0 Å². The van der Waals surface area contributed by atoms with Crippen molar-refractivity contribution in [3.05, 3.63) is 46.5 Å². The van der Waals surface area contributed by atoms with Crippen molar-refractivity contribution in [1.82, 2.24) is 14.7 Å². The van der Waals surface area contributed by atoms with E-state index >= 15 is 0 Å². The molecular weight excluding hydrogens is 226 g/mol. The van der Waals surface area contributed by atoms with E-state index in [0.29, 0.717) is 12.2 Å². The SMILES string of the molecule is CC#CCCNCc1cc(=O)n2ccccc2n1. The highest BCUT2D eigenvalue weighted by Gasteiger charge is 2.00. The maximum atomic E-state index is 11.8. The van der Waals surface area contributed by atoms with Crippen molar-refractivity contribution in [1.29, 1.82) is 0 Å². The van der Waals surface area contributed by atoms with Gasteiger partial charge in [-0.05, 0) is 19.1 Å². The first-order valence-electron chi connectivity index (χ1n) is 5.89. The summed E-state index contributed by atoms with van der Waals surface area (Å²) >= 11 is 0. The lowest BCUT2D eigenvalue weighted by atomic mass is 10.3. The molecule has 0 aromatic carbocycles. The van der Waals surface area contributed by atoms with Crippen molar-refractivity contribution in [3.8, 4) is 11.8 Å². The molecule has 4 nitrogen and oxygen atoms in total. The number of hydrogen-bond donors (Lipinski definition) is 1. The van der Waals surface area contributed by atoms with E-state index in [0.717, 1.165) is 18.7 Å².